The van der Waals surface area contributed by atoms with Crippen molar-refractivity contribution in [2.24, 2.45) is 5.92 Å². The Morgan fingerprint density at radius 2 is 1.82 bits per heavy atom. The lowest BCUT2D eigenvalue weighted by atomic mass is 9.95. The third-order valence-corrected chi connectivity index (χ3v) is 4.90. The Morgan fingerprint density at radius 3 is 2.43 bits per heavy atom. The van der Waals surface area contributed by atoms with Crippen LogP contribution in [0.5, 0.6) is 0 Å². The van der Waals surface area contributed by atoms with E-state index in [2.05, 4.69) is 5.32 Å². The molecule has 1 N–H and O–H groups in total. The van der Waals surface area contributed by atoms with E-state index in [9.17, 15) is 14.9 Å². The number of morpholine rings is 1. The van der Waals surface area contributed by atoms with Crippen LogP contribution in [-0.2, 0) is 4.74 Å². The maximum absolute atomic E-state index is 13.2. The molecular formula is C21H25N3O4. The van der Waals surface area contributed by atoms with Gasteiger partial charge in [-0.3, -0.25) is 14.9 Å². The highest BCUT2D eigenvalue weighted by Crippen LogP contribution is 2.28. The Morgan fingerprint density at radius 1 is 1.14 bits per heavy atom. The predicted molar refractivity (Wildman–Crippen MR) is 108 cm³/mol. The van der Waals surface area contributed by atoms with Gasteiger partial charge in [0, 0.05) is 25.2 Å². The van der Waals surface area contributed by atoms with E-state index in [1.165, 1.54) is 12.1 Å². The summed E-state index contributed by atoms with van der Waals surface area (Å²) in [6.45, 7) is 6.49. The van der Waals surface area contributed by atoms with E-state index in [0.29, 0.717) is 37.6 Å². The van der Waals surface area contributed by atoms with Crippen molar-refractivity contribution in [3.05, 3.63) is 69.8 Å². The van der Waals surface area contributed by atoms with E-state index in [-0.39, 0.29) is 23.6 Å². The van der Waals surface area contributed by atoms with Crippen molar-refractivity contribution in [1.29, 1.82) is 0 Å². The highest BCUT2D eigenvalue weighted by atomic mass is 16.6. The van der Waals surface area contributed by atoms with Gasteiger partial charge in [0.25, 0.3) is 11.6 Å². The zero-order valence-electron chi connectivity index (χ0n) is 16.1. The number of carbonyl (C=O) groups is 1. The minimum atomic E-state index is -0.475. The summed E-state index contributed by atoms with van der Waals surface area (Å²) in [7, 11) is 0. The molecule has 0 aliphatic carbocycles. The van der Waals surface area contributed by atoms with E-state index in [0.717, 1.165) is 5.56 Å². The molecule has 0 bridgehead atoms. The summed E-state index contributed by atoms with van der Waals surface area (Å²) in [5.41, 5.74) is 1.92. The highest BCUT2D eigenvalue weighted by Gasteiger charge is 2.25. The quantitative estimate of drug-likeness (QED) is 0.609. The van der Waals surface area contributed by atoms with Crippen LogP contribution in [0.25, 0.3) is 0 Å². The average molecular weight is 383 g/mol. The van der Waals surface area contributed by atoms with Crippen LogP contribution in [-0.4, -0.2) is 37.1 Å². The fourth-order valence-corrected chi connectivity index (χ4v) is 3.41. The van der Waals surface area contributed by atoms with Gasteiger partial charge in [-0.05, 0) is 17.5 Å². The lowest BCUT2D eigenvalue weighted by Gasteiger charge is -2.31. The largest absolute Gasteiger partial charge is 0.378 e. The third-order valence-electron chi connectivity index (χ3n) is 4.90. The van der Waals surface area contributed by atoms with Gasteiger partial charge in [0.2, 0.25) is 0 Å². The maximum atomic E-state index is 13.2. The Hall–Kier alpha value is -2.93. The van der Waals surface area contributed by atoms with Gasteiger partial charge in [-0.1, -0.05) is 44.2 Å². The van der Waals surface area contributed by atoms with Crippen LogP contribution >= 0.6 is 0 Å². The molecular weight excluding hydrogens is 358 g/mol. The number of nitrogens with zero attached hydrogens (tertiary/aromatic N) is 2. The summed E-state index contributed by atoms with van der Waals surface area (Å²) in [5, 5.41) is 14.3. The SMILES string of the molecule is CC(C)C(NC(=O)c1cc([N+](=O)[O-])ccc1N1CCOCC1)c1ccccc1. The number of nitro groups is 1. The molecule has 1 heterocycles. The zero-order chi connectivity index (χ0) is 20.1. The zero-order valence-corrected chi connectivity index (χ0v) is 16.1. The Balaban J connectivity index is 1.94. The molecule has 7 nitrogen and oxygen atoms in total. The number of carbonyl (C=O) groups excluding carboxylic acids is 1. The van der Waals surface area contributed by atoms with Crippen molar-refractivity contribution in [3.8, 4) is 0 Å². The number of hydrogen-bond acceptors (Lipinski definition) is 5. The second-order valence-corrected chi connectivity index (χ2v) is 7.16. The molecule has 0 spiro atoms. The molecule has 1 amide bonds. The highest BCUT2D eigenvalue weighted by molar-refractivity contribution is 6.00. The van der Waals surface area contributed by atoms with Crippen molar-refractivity contribution in [2.75, 3.05) is 31.2 Å². The van der Waals surface area contributed by atoms with Crippen molar-refractivity contribution in [1.82, 2.24) is 5.32 Å². The topological polar surface area (TPSA) is 84.7 Å². The first-order chi connectivity index (χ1) is 13.5. The van der Waals surface area contributed by atoms with E-state index in [1.807, 2.05) is 49.1 Å². The Labute approximate surface area is 164 Å². The number of ether oxygens (including phenoxy) is 1. The predicted octanol–water partition coefficient (Wildman–Crippen LogP) is 3.56. The van der Waals surface area contributed by atoms with Crippen LogP contribution in [0.3, 0.4) is 0 Å². The summed E-state index contributed by atoms with van der Waals surface area (Å²) in [6.07, 6.45) is 0. The van der Waals surface area contributed by atoms with Gasteiger partial charge in [0.15, 0.2) is 0 Å². The molecule has 0 saturated carbocycles. The van der Waals surface area contributed by atoms with Crippen molar-refractivity contribution in [3.63, 3.8) is 0 Å². The lowest BCUT2D eigenvalue weighted by Crippen LogP contribution is -2.38. The smallest absolute Gasteiger partial charge is 0.270 e. The van der Waals surface area contributed by atoms with Gasteiger partial charge in [-0.25, -0.2) is 0 Å². The van der Waals surface area contributed by atoms with Gasteiger partial charge < -0.3 is 15.0 Å². The number of non-ortho nitro benzene ring substituents is 1. The third kappa shape index (κ3) is 4.48. The standard InChI is InChI=1S/C21H25N3O4/c1-15(2)20(16-6-4-3-5-7-16)22-21(25)18-14-17(24(26)27)8-9-19(18)23-10-12-28-13-11-23/h3-9,14-15,20H,10-13H2,1-2H3,(H,22,25). The van der Waals surface area contributed by atoms with Gasteiger partial charge in [0.05, 0.1) is 35.4 Å². The minimum Gasteiger partial charge on any atom is -0.378 e. The van der Waals surface area contributed by atoms with Crippen molar-refractivity contribution >= 4 is 17.3 Å². The number of hydrogen-bond donors (Lipinski definition) is 1. The van der Waals surface area contributed by atoms with Crippen molar-refractivity contribution < 1.29 is 14.5 Å². The second-order valence-electron chi connectivity index (χ2n) is 7.16. The van der Waals surface area contributed by atoms with Crippen LogP contribution in [0.1, 0.15) is 35.8 Å². The minimum absolute atomic E-state index is 0.0945. The van der Waals surface area contributed by atoms with Crippen LogP contribution in [0.2, 0.25) is 0 Å². The van der Waals surface area contributed by atoms with Gasteiger partial charge in [0.1, 0.15) is 0 Å². The molecule has 1 fully saturated rings. The van der Waals surface area contributed by atoms with E-state index >= 15 is 0 Å². The number of amides is 1. The summed E-state index contributed by atoms with van der Waals surface area (Å²) in [5.74, 6) is -0.148. The number of anilines is 1. The van der Waals surface area contributed by atoms with Gasteiger partial charge in [-0.2, -0.15) is 0 Å². The molecule has 1 aliphatic rings. The Kier molecular flexibility index (Phi) is 6.26. The van der Waals surface area contributed by atoms with Crippen molar-refractivity contribution in [2.45, 2.75) is 19.9 Å². The summed E-state index contributed by atoms with van der Waals surface area (Å²) in [6, 6.07) is 14.0. The molecule has 1 unspecified atom stereocenters. The molecule has 1 atom stereocenters. The lowest BCUT2D eigenvalue weighted by molar-refractivity contribution is -0.384. The fraction of sp³-hybridized carbons (Fsp3) is 0.381. The maximum Gasteiger partial charge on any atom is 0.270 e. The average Bonchev–Trinajstić information content (AvgIpc) is 2.72. The van der Waals surface area contributed by atoms with Gasteiger partial charge >= 0.3 is 0 Å². The molecule has 2 aromatic rings. The fourth-order valence-electron chi connectivity index (χ4n) is 3.41. The molecule has 7 heteroatoms. The summed E-state index contributed by atoms with van der Waals surface area (Å²) >= 11 is 0. The van der Waals surface area contributed by atoms with E-state index in [1.54, 1.807) is 6.07 Å². The molecule has 148 valence electrons. The molecule has 28 heavy (non-hydrogen) atoms. The molecule has 2 aromatic carbocycles. The molecule has 1 aliphatic heterocycles. The summed E-state index contributed by atoms with van der Waals surface area (Å²) < 4.78 is 5.39. The number of nitrogens with one attached hydrogen (secondary N) is 1. The van der Waals surface area contributed by atoms with Crippen LogP contribution in [0, 0.1) is 16.0 Å². The normalized spacial score (nSPS) is 15.3. The number of rotatable bonds is 6. The molecule has 0 radical (unpaired) electrons. The number of nitro benzene ring substituents is 1. The van der Waals surface area contributed by atoms with Crippen LogP contribution < -0.4 is 10.2 Å². The first kappa shape index (κ1) is 19.8. The van der Waals surface area contributed by atoms with Crippen LogP contribution in [0.15, 0.2) is 48.5 Å². The molecule has 0 aromatic heterocycles. The second kappa shape index (κ2) is 8.84. The van der Waals surface area contributed by atoms with E-state index < -0.39 is 4.92 Å². The first-order valence-corrected chi connectivity index (χ1v) is 9.44. The summed E-state index contributed by atoms with van der Waals surface area (Å²) in [4.78, 5) is 26.0. The first-order valence-electron chi connectivity index (χ1n) is 9.44. The van der Waals surface area contributed by atoms with E-state index in [4.69, 9.17) is 4.74 Å². The molecule has 3 rings (SSSR count). The Bertz CT molecular complexity index is 833. The molecule has 1 saturated heterocycles. The monoisotopic (exact) mass is 383 g/mol. The van der Waals surface area contributed by atoms with Crippen LogP contribution in [0.4, 0.5) is 11.4 Å². The number of benzene rings is 2. The van der Waals surface area contributed by atoms with Gasteiger partial charge in [-0.15, -0.1) is 0 Å².